The number of anilines is 2. The number of imide groups is 3. The minimum atomic E-state index is -1.12. The monoisotopic (exact) mass is 1610 g/mol. The third-order valence-corrected chi connectivity index (χ3v) is 22.0. The molecule has 610 valence electrons. The van der Waals surface area contributed by atoms with Gasteiger partial charge in [0.15, 0.2) is 5.82 Å². The molecule has 2 bridgehead atoms. The van der Waals surface area contributed by atoms with Gasteiger partial charge in [0.1, 0.15) is 60.3 Å². The van der Waals surface area contributed by atoms with Crippen molar-refractivity contribution >= 4 is 99.2 Å². The molecule has 2 unspecified atom stereocenters. The number of unbranched alkanes of at least 4 members (excludes halogenated alkanes) is 2. The molecular weight excluding hydrogens is 1520 g/mol. The van der Waals surface area contributed by atoms with Crippen molar-refractivity contribution in [2.45, 2.75) is 110 Å². The predicted molar refractivity (Wildman–Crippen MR) is 415 cm³/mol. The van der Waals surface area contributed by atoms with Crippen LogP contribution < -0.4 is 26.0 Å². The molecule has 0 radical (unpaired) electrons. The van der Waals surface area contributed by atoms with Crippen molar-refractivity contribution < 1.29 is 92.0 Å². The standard InChI is InChI=1S/C79H95ClN14O19S.H2/c1-48-49(2)114-79-68(48)72(51-14-16-54(80)17-15-51)84-61(73-88-86-50(3)93(73)79)42-65(97)83-55-18-20-57(21-19-55)111-39-37-108-38-40-112-58(45-109-31-26-81-60-10-8-9-59-71(60)78(104)94(75(59)101)62-22-23-64(96)85-74(62)100)46-113-67(99)47-110-36-35-107-34-33-106-32-29-91-44-56(87-89-91)43-90(28-24-63(95)82-25-30-105-4)66(98)11-6-5-7-27-92-76(102)69-52-12-13-53(41-52)70(69)77(92)103;/h8-10,12-21,44,52-53,58,61-62,69-70,81H,5-7,11,22-43,45-47H2,1-4H3,(H,82,95)(H,83,97)(H,85,96,100);1H/t52-,53+,58-,61?,62?,69+,70-;/m0./s1/i;1+1. The lowest BCUT2D eigenvalue weighted by molar-refractivity contribution is -0.156. The Morgan fingerprint density at radius 3 is 2.23 bits per heavy atom. The Morgan fingerprint density at radius 1 is 0.737 bits per heavy atom. The molecule has 33 nitrogen and oxygen atoms in total. The van der Waals surface area contributed by atoms with Crippen LogP contribution in [-0.4, -0.2) is 247 Å². The first-order valence-corrected chi connectivity index (χ1v) is 39.6. The first kappa shape index (κ1) is 83.4. The van der Waals surface area contributed by atoms with E-state index in [9.17, 15) is 47.9 Å². The fourth-order valence-corrected chi connectivity index (χ4v) is 16.0. The summed E-state index contributed by atoms with van der Waals surface area (Å²) in [5, 5.41) is 30.1. The highest BCUT2D eigenvalue weighted by atomic mass is 35.5. The van der Waals surface area contributed by atoms with E-state index in [1.54, 1.807) is 70.6 Å². The number of carbonyl (C=O) groups excluding carboxylic acids is 10. The van der Waals surface area contributed by atoms with E-state index in [1.165, 1.54) is 11.0 Å². The van der Waals surface area contributed by atoms with Gasteiger partial charge in [-0.3, -0.25) is 67.8 Å². The molecule has 4 aliphatic heterocycles. The predicted octanol–water partition coefficient (Wildman–Crippen LogP) is 6.12. The molecule has 6 aliphatic rings. The Bertz CT molecular complexity index is 4490. The molecule has 0 spiro atoms. The van der Waals surface area contributed by atoms with Gasteiger partial charge >= 0.3 is 5.97 Å². The summed E-state index contributed by atoms with van der Waals surface area (Å²) in [5.74, 6) is -2.30. The number of fused-ring (bicyclic) bond motifs is 9. The number of methoxy groups -OCH3 is 1. The Balaban J connectivity index is 0.0000130. The topological polar surface area (TPSA) is 385 Å². The zero-order valence-electron chi connectivity index (χ0n) is 64.1. The summed E-state index contributed by atoms with van der Waals surface area (Å²) in [7, 11) is 1.54. The van der Waals surface area contributed by atoms with E-state index in [0.29, 0.717) is 85.0 Å². The minimum absolute atomic E-state index is 0. The lowest BCUT2D eigenvalue weighted by Gasteiger charge is -2.27. The van der Waals surface area contributed by atoms with Crippen molar-refractivity contribution in [2.75, 3.05) is 136 Å². The van der Waals surface area contributed by atoms with Crippen molar-refractivity contribution in [3.05, 3.63) is 140 Å². The van der Waals surface area contributed by atoms with Crippen LogP contribution >= 0.6 is 22.9 Å². The number of benzene rings is 3. The molecule has 35 heteroatoms. The summed E-state index contributed by atoms with van der Waals surface area (Å²) in [6, 6.07) is 17.4. The largest absolute Gasteiger partial charge is 0.491 e. The maximum absolute atomic E-state index is 13.8. The van der Waals surface area contributed by atoms with Gasteiger partial charge in [0.05, 0.1) is 127 Å². The van der Waals surface area contributed by atoms with E-state index < -0.39 is 47.8 Å². The number of nitrogens with zero attached hydrogens (tertiary/aromatic N) is 10. The second kappa shape index (κ2) is 40.3. The maximum Gasteiger partial charge on any atom is 0.332 e. The summed E-state index contributed by atoms with van der Waals surface area (Å²) in [6.07, 6.45) is 8.07. The average molecular weight is 1620 g/mol. The number of ether oxygens (including phenoxy) is 9. The van der Waals surface area contributed by atoms with Crippen LogP contribution in [0.1, 0.15) is 125 Å². The van der Waals surface area contributed by atoms with Gasteiger partial charge in [-0.15, -0.1) is 26.6 Å². The zero-order valence-corrected chi connectivity index (χ0v) is 65.7. The van der Waals surface area contributed by atoms with E-state index in [0.717, 1.165) is 43.6 Å². The summed E-state index contributed by atoms with van der Waals surface area (Å²) >= 11 is 7.92. The number of rotatable bonds is 46. The SMILES string of the molecule is COCCNC(=O)CCN(Cc1cn(CCOCCOCCOCC(=O)OC[C@H](COCCNc2cccc3c2C(=O)N(C2CCC(=O)NC2=O)C3=O)OCCOCCOc2ccc(NC(=O)CC3N=C(c4ccc(Cl)cc4)c4c(sc(C)c4C)-n4c(C)nnc43)cc2)nn1)C(=O)CCCCCN1C(=O)[C@@H]2[C@H](C1=O)[C@H]1C=C[C@@H]2C1.[2HH]. The number of hydrogen-bond donors (Lipinski definition) is 4. The molecule has 114 heavy (non-hydrogen) atoms. The highest BCUT2D eigenvalue weighted by molar-refractivity contribution is 7.15. The van der Waals surface area contributed by atoms with Gasteiger partial charge in [-0.05, 0) is 112 Å². The number of halogens is 1. The number of aliphatic imine (C=N–C) groups is 1. The van der Waals surface area contributed by atoms with E-state index >= 15 is 0 Å². The fourth-order valence-electron chi connectivity index (χ4n) is 14.7. The molecule has 2 saturated heterocycles. The quantitative estimate of drug-likeness (QED) is 0.0145. The molecule has 7 heterocycles. The maximum atomic E-state index is 13.8. The van der Waals surface area contributed by atoms with Gasteiger partial charge in [-0.25, -0.2) is 9.48 Å². The van der Waals surface area contributed by atoms with Crippen molar-refractivity contribution in [2.24, 2.45) is 28.7 Å². The van der Waals surface area contributed by atoms with Gasteiger partial charge < -0.3 is 63.5 Å². The third kappa shape index (κ3) is 21.1. The van der Waals surface area contributed by atoms with Crippen LogP contribution in [0.25, 0.3) is 5.00 Å². The van der Waals surface area contributed by atoms with Gasteiger partial charge in [0, 0.05) is 86.4 Å². The molecular formula is C79H97ClN14O19S. The van der Waals surface area contributed by atoms with Crippen molar-refractivity contribution in [3.63, 3.8) is 0 Å². The molecule has 4 N–H and O–H groups in total. The normalized spacial score (nSPS) is 18.8. The molecule has 7 atom stereocenters. The summed E-state index contributed by atoms with van der Waals surface area (Å²) in [6.45, 7) is 8.94. The van der Waals surface area contributed by atoms with Crippen molar-refractivity contribution in [3.8, 4) is 10.8 Å². The first-order chi connectivity index (χ1) is 55.3. The van der Waals surface area contributed by atoms with E-state index in [2.05, 4.69) is 67.8 Å². The molecule has 1 saturated carbocycles. The molecule has 3 fully saturated rings. The van der Waals surface area contributed by atoms with E-state index in [-0.39, 0.29) is 203 Å². The number of aromatic nitrogens is 6. The van der Waals surface area contributed by atoms with Crippen LogP contribution in [0.15, 0.2) is 90.1 Å². The van der Waals surface area contributed by atoms with Gasteiger partial charge in [-0.1, -0.05) is 53.6 Å². The highest BCUT2D eigenvalue weighted by Crippen LogP contribution is 2.52. The number of hydrogen-bond acceptors (Lipinski definition) is 26. The Hall–Kier alpha value is -10.0. The zero-order chi connectivity index (χ0) is 80.2. The average Bonchev–Trinajstić information content (AvgIpc) is 1.59. The highest BCUT2D eigenvalue weighted by Gasteiger charge is 2.59. The molecule has 3 aromatic heterocycles. The van der Waals surface area contributed by atoms with Gasteiger partial charge in [-0.2, -0.15) is 0 Å². The van der Waals surface area contributed by atoms with Crippen LogP contribution in [0.2, 0.25) is 5.02 Å². The van der Waals surface area contributed by atoms with Crippen molar-refractivity contribution in [1.82, 2.24) is 55.1 Å². The van der Waals surface area contributed by atoms with Crippen LogP contribution in [0.5, 0.6) is 5.75 Å². The van der Waals surface area contributed by atoms with Crippen LogP contribution in [0, 0.1) is 44.4 Å². The Morgan fingerprint density at radius 2 is 1.47 bits per heavy atom. The molecule has 9 amide bonds. The smallest absolute Gasteiger partial charge is 0.332 e. The lowest BCUT2D eigenvalue weighted by Crippen LogP contribution is -2.54. The summed E-state index contributed by atoms with van der Waals surface area (Å²) in [4.78, 5) is 141. The number of esters is 1. The number of carbonyl (C=O) groups is 10. The van der Waals surface area contributed by atoms with Gasteiger partial charge in [0.25, 0.3) is 11.8 Å². The van der Waals surface area contributed by atoms with E-state index in [1.807, 2.05) is 35.8 Å². The number of thiophene rings is 1. The first-order valence-electron chi connectivity index (χ1n) is 38.4. The van der Waals surface area contributed by atoms with Gasteiger partial charge in [0.2, 0.25) is 41.4 Å². The second-order valence-electron chi connectivity index (χ2n) is 28.3. The van der Waals surface area contributed by atoms with Crippen molar-refractivity contribution in [1.29, 1.82) is 0 Å². The van der Waals surface area contributed by atoms with Crippen LogP contribution in [-0.2, 0) is 89.3 Å². The molecule has 3 aromatic carbocycles. The molecule has 6 aromatic rings. The number of likely N-dealkylation sites (tertiary alicyclic amines) is 1. The number of piperidine rings is 1. The molecule has 2 aliphatic carbocycles. The second-order valence-corrected chi connectivity index (χ2v) is 29.9. The number of nitrogens with one attached hydrogen (secondary N) is 4. The van der Waals surface area contributed by atoms with Crippen LogP contribution in [0.3, 0.4) is 0 Å². The fraction of sp³-hybridized carbons (Fsp3) is 0.506. The number of amides is 9. The van der Waals surface area contributed by atoms with Crippen LogP contribution in [0.4, 0.5) is 11.4 Å². The Kier molecular flexibility index (Phi) is 29.5. The third-order valence-electron chi connectivity index (χ3n) is 20.5. The lowest BCUT2D eigenvalue weighted by atomic mass is 9.85. The minimum Gasteiger partial charge on any atom is -0.491 e. The molecule has 12 rings (SSSR count). The summed E-state index contributed by atoms with van der Waals surface area (Å²) < 4.78 is 54.9. The Labute approximate surface area is 668 Å². The number of allylic oxidation sites excluding steroid dienone is 2. The van der Waals surface area contributed by atoms with E-state index in [4.69, 9.17) is 59.2 Å². The summed E-state index contributed by atoms with van der Waals surface area (Å²) in [5.41, 5.74) is 5.32. The number of aryl methyl sites for hydroxylation is 2.